The van der Waals surface area contributed by atoms with Crippen LogP contribution in [0.5, 0.6) is 11.5 Å². The molecule has 2 aromatic carbocycles. The van der Waals surface area contributed by atoms with Crippen molar-refractivity contribution in [2.75, 3.05) is 13.7 Å². The van der Waals surface area contributed by atoms with E-state index < -0.39 is 0 Å². The maximum atomic E-state index is 6.31. The average Bonchev–Trinajstić information content (AvgIpc) is 2.71. The van der Waals surface area contributed by atoms with Gasteiger partial charge < -0.3 is 15.2 Å². The molecular weight excluding hydrogens is 370 g/mol. The van der Waals surface area contributed by atoms with Gasteiger partial charge in [0.2, 0.25) is 0 Å². The molecule has 4 heteroatoms. The first-order valence-corrected chi connectivity index (χ1v) is 10.3. The Labute approximate surface area is 176 Å². The maximum absolute atomic E-state index is 6.31. The normalized spacial score (nSPS) is 16.7. The lowest BCUT2D eigenvalue weighted by atomic mass is 9.87. The number of nitrogens with two attached hydrogens (primary N) is 1. The molecule has 0 amide bonds. The van der Waals surface area contributed by atoms with E-state index in [1.807, 2.05) is 12.1 Å². The standard InChI is InChI=1S/C24H33NO2.ClH/c1-18(25)22(21-11-7-4-8-12-21)15-20-13-14-23(26-2)24(16-20)27-17-19-9-5-3-6-10-19;/h4,7-8,11-14,16,18-19,22H,3,5-6,9-10,15,17,25H2,1-2H3;1H. The molecule has 0 spiro atoms. The molecular formula is C24H34ClNO2. The first-order valence-electron chi connectivity index (χ1n) is 10.3. The van der Waals surface area contributed by atoms with Crippen molar-refractivity contribution in [3.05, 3.63) is 59.7 Å². The van der Waals surface area contributed by atoms with Gasteiger partial charge in [-0.2, -0.15) is 0 Å². The number of ether oxygens (including phenoxy) is 2. The first-order chi connectivity index (χ1) is 13.2. The molecule has 2 atom stereocenters. The van der Waals surface area contributed by atoms with Crippen LogP contribution in [0, 0.1) is 5.92 Å². The van der Waals surface area contributed by atoms with Crippen LogP contribution in [0.15, 0.2) is 48.5 Å². The van der Waals surface area contributed by atoms with Crippen LogP contribution >= 0.6 is 12.4 Å². The predicted molar refractivity (Wildman–Crippen MR) is 119 cm³/mol. The van der Waals surface area contributed by atoms with Gasteiger partial charge in [-0.05, 0) is 55.4 Å². The van der Waals surface area contributed by atoms with Crippen LogP contribution in [0.1, 0.15) is 56.1 Å². The Morgan fingerprint density at radius 2 is 1.71 bits per heavy atom. The summed E-state index contributed by atoms with van der Waals surface area (Å²) in [6, 6.07) is 16.9. The van der Waals surface area contributed by atoms with Gasteiger partial charge in [-0.1, -0.05) is 55.7 Å². The van der Waals surface area contributed by atoms with E-state index in [2.05, 4.69) is 43.3 Å². The minimum absolute atomic E-state index is 0. The molecule has 1 fully saturated rings. The number of methoxy groups -OCH3 is 1. The van der Waals surface area contributed by atoms with Crippen LogP contribution in [0.3, 0.4) is 0 Å². The van der Waals surface area contributed by atoms with Crippen LogP contribution in [0.4, 0.5) is 0 Å². The fourth-order valence-corrected chi connectivity index (χ4v) is 4.08. The van der Waals surface area contributed by atoms with Gasteiger partial charge in [0.25, 0.3) is 0 Å². The Hall–Kier alpha value is -1.71. The van der Waals surface area contributed by atoms with Crippen molar-refractivity contribution in [3.8, 4) is 11.5 Å². The lowest BCUT2D eigenvalue weighted by Crippen LogP contribution is -2.26. The van der Waals surface area contributed by atoms with Gasteiger partial charge in [0.15, 0.2) is 11.5 Å². The van der Waals surface area contributed by atoms with E-state index in [9.17, 15) is 0 Å². The topological polar surface area (TPSA) is 44.5 Å². The minimum Gasteiger partial charge on any atom is -0.493 e. The summed E-state index contributed by atoms with van der Waals surface area (Å²) in [5.41, 5.74) is 8.83. The lowest BCUT2D eigenvalue weighted by molar-refractivity contribution is 0.202. The highest BCUT2D eigenvalue weighted by molar-refractivity contribution is 5.85. The van der Waals surface area contributed by atoms with Gasteiger partial charge in [0, 0.05) is 12.0 Å². The van der Waals surface area contributed by atoms with E-state index in [1.165, 1.54) is 43.2 Å². The zero-order valence-corrected chi connectivity index (χ0v) is 17.9. The highest BCUT2D eigenvalue weighted by Crippen LogP contribution is 2.33. The molecule has 3 rings (SSSR count). The molecule has 0 aliphatic heterocycles. The van der Waals surface area contributed by atoms with Crippen LogP contribution < -0.4 is 15.2 Å². The van der Waals surface area contributed by atoms with E-state index in [4.69, 9.17) is 15.2 Å². The smallest absolute Gasteiger partial charge is 0.161 e. The Balaban J connectivity index is 0.00000280. The molecule has 1 saturated carbocycles. The predicted octanol–water partition coefficient (Wildman–Crippen LogP) is 5.75. The Kier molecular flexibility index (Phi) is 9.14. The van der Waals surface area contributed by atoms with Crippen LogP contribution in [0.25, 0.3) is 0 Å². The third kappa shape index (κ3) is 6.15. The second-order valence-corrected chi connectivity index (χ2v) is 7.88. The number of hydrogen-bond donors (Lipinski definition) is 1. The second kappa shape index (κ2) is 11.3. The zero-order chi connectivity index (χ0) is 19.1. The summed E-state index contributed by atoms with van der Waals surface area (Å²) < 4.78 is 11.7. The lowest BCUT2D eigenvalue weighted by Gasteiger charge is -2.24. The molecule has 3 nitrogen and oxygen atoms in total. The molecule has 0 bridgehead atoms. The summed E-state index contributed by atoms with van der Waals surface area (Å²) in [6.07, 6.45) is 7.49. The summed E-state index contributed by atoms with van der Waals surface area (Å²) in [5.74, 6) is 2.63. The van der Waals surface area contributed by atoms with Gasteiger partial charge in [0.1, 0.15) is 0 Å². The Morgan fingerprint density at radius 3 is 2.36 bits per heavy atom. The van der Waals surface area contributed by atoms with Crippen molar-refractivity contribution in [1.82, 2.24) is 0 Å². The third-order valence-electron chi connectivity index (χ3n) is 5.75. The third-order valence-corrected chi connectivity index (χ3v) is 5.75. The summed E-state index contributed by atoms with van der Waals surface area (Å²) >= 11 is 0. The van der Waals surface area contributed by atoms with E-state index in [-0.39, 0.29) is 24.4 Å². The molecule has 2 aromatic rings. The molecule has 0 aromatic heterocycles. The molecule has 2 unspecified atom stereocenters. The van der Waals surface area contributed by atoms with E-state index >= 15 is 0 Å². The van der Waals surface area contributed by atoms with Crippen LogP contribution in [-0.2, 0) is 6.42 Å². The van der Waals surface area contributed by atoms with Crippen LogP contribution in [0.2, 0.25) is 0 Å². The molecule has 2 N–H and O–H groups in total. The summed E-state index contributed by atoms with van der Waals surface area (Å²) in [4.78, 5) is 0. The Morgan fingerprint density at radius 1 is 1.00 bits per heavy atom. The van der Waals surface area contributed by atoms with Crippen molar-refractivity contribution >= 4 is 12.4 Å². The molecule has 0 heterocycles. The van der Waals surface area contributed by atoms with Gasteiger partial charge >= 0.3 is 0 Å². The van der Waals surface area contributed by atoms with Crippen molar-refractivity contribution in [3.63, 3.8) is 0 Å². The molecule has 1 aliphatic carbocycles. The van der Waals surface area contributed by atoms with Crippen molar-refractivity contribution in [1.29, 1.82) is 0 Å². The Bertz CT molecular complexity index is 699. The molecule has 1 aliphatic rings. The first kappa shape index (κ1) is 22.6. The molecule has 0 saturated heterocycles. The largest absolute Gasteiger partial charge is 0.493 e. The molecule has 28 heavy (non-hydrogen) atoms. The number of benzene rings is 2. The molecule has 0 radical (unpaired) electrons. The molecule has 154 valence electrons. The summed E-state index contributed by atoms with van der Waals surface area (Å²) in [7, 11) is 1.71. The van der Waals surface area contributed by atoms with E-state index in [0.717, 1.165) is 24.5 Å². The maximum Gasteiger partial charge on any atom is 0.161 e. The monoisotopic (exact) mass is 403 g/mol. The average molecular weight is 404 g/mol. The fourth-order valence-electron chi connectivity index (χ4n) is 4.08. The van der Waals surface area contributed by atoms with Crippen molar-refractivity contribution in [2.45, 2.75) is 57.4 Å². The fraction of sp³-hybridized carbons (Fsp3) is 0.500. The number of halogens is 1. The summed E-state index contributed by atoms with van der Waals surface area (Å²) in [6.45, 7) is 2.87. The zero-order valence-electron chi connectivity index (χ0n) is 17.1. The van der Waals surface area contributed by atoms with Gasteiger partial charge in [-0.15, -0.1) is 12.4 Å². The number of hydrogen-bond acceptors (Lipinski definition) is 3. The van der Waals surface area contributed by atoms with Crippen molar-refractivity contribution < 1.29 is 9.47 Å². The SMILES string of the molecule is COc1ccc(CC(c2ccccc2)C(C)N)cc1OCC1CCCCC1.Cl. The quantitative estimate of drug-likeness (QED) is 0.610. The van der Waals surface area contributed by atoms with E-state index in [1.54, 1.807) is 7.11 Å². The van der Waals surface area contributed by atoms with Gasteiger partial charge in [-0.3, -0.25) is 0 Å². The van der Waals surface area contributed by atoms with Gasteiger partial charge in [-0.25, -0.2) is 0 Å². The van der Waals surface area contributed by atoms with Gasteiger partial charge in [0.05, 0.1) is 13.7 Å². The van der Waals surface area contributed by atoms with Crippen molar-refractivity contribution in [2.24, 2.45) is 11.7 Å². The van der Waals surface area contributed by atoms with Crippen LogP contribution in [-0.4, -0.2) is 19.8 Å². The highest BCUT2D eigenvalue weighted by atomic mass is 35.5. The number of rotatable bonds is 8. The highest BCUT2D eigenvalue weighted by Gasteiger charge is 2.19. The second-order valence-electron chi connectivity index (χ2n) is 7.88. The summed E-state index contributed by atoms with van der Waals surface area (Å²) in [5, 5.41) is 0. The minimum atomic E-state index is 0. The van der Waals surface area contributed by atoms with E-state index in [0.29, 0.717) is 5.92 Å².